The quantitative estimate of drug-likeness (QED) is 0.889. The molecule has 0 saturated carbocycles. The minimum Gasteiger partial charge on any atom is -0.476 e. The fraction of sp³-hybridized carbons (Fsp3) is 0.182. The fourth-order valence-electron chi connectivity index (χ4n) is 1.54. The molecule has 88 valence electrons. The second-order valence-electron chi connectivity index (χ2n) is 3.70. The van der Waals surface area contributed by atoms with E-state index in [1.54, 1.807) is 19.1 Å². The minimum absolute atomic E-state index is 0.0679. The van der Waals surface area contributed by atoms with Crippen molar-refractivity contribution in [3.8, 4) is 5.69 Å². The van der Waals surface area contributed by atoms with Gasteiger partial charge in [0.25, 0.3) is 0 Å². The number of aromatic carboxylic acids is 1. The van der Waals surface area contributed by atoms with Gasteiger partial charge in [0.05, 0.1) is 16.4 Å². The summed E-state index contributed by atoms with van der Waals surface area (Å²) in [5.74, 6) is -1.10. The third kappa shape index (κ3) is 2.01. The maximum absolute atomic E-state index is 10.9. The van der Waals surface area contributed by atoms with Crippen molar-refractivity contribution in [2.24, 2.45) is 0 Å². The van der Waals surface area contributed by atoms with Gasteiger partial charge in [0.2, 0.25) is 0 Å². The van der Waals surface area contributed by atoms with Crippen LogP contribution in [-0.2, 0) is 0 Å². The highest BCUT2D eigenvalue weighted by Crippen LogP contribution is 2.22. The van der Waals surface area contributed by atoms with E-state index in [0.29, 0.717) is 16.4 Å². The van der Waals surface area contributed by atoms with Gasteiger partial charge in [-0.1, -0.05) is 22.9 Å². The molecule has 0 aliphatic carbocycles. The zero-order chi connectivity index (χ0) is 12.6. The summed E-state index contributed by atoms with van der Waals surface area (Å²) in [7, 11) is 0. The standard InChI is InChI=1S/C11H10ClN3O2/c1-6-3-4-9(8(12)5-6)15-7(2)10(11(16)17)13-14-15/h3-5H,1-2H3,(H,16,17). The third-order valence-corrected chi connectivity index (χ3v) is 2.73. The second kappa shape index (κ2) is 4.18. The molecule has 2 rings (SSSR count). The van der Waals surface area contributed by atoms with Crippen molar-refractivity contribution in [1.82, 2.24) is 15.0 Å². The first-order valence-corrected chi connectivity index (χ1v) is 5.30. The van der Waals surface area contributed by atoms with Crippen LogP contribution in [0, 0.1) is 13.8 Å². The highest BCUT2D eigenvalue weighted by Gasteiger charge is 2.17. The van der Waals surface area contributed by atoms with E-state index in [1.807, 2.05) is 13.0 Å². The first kappa shape index (κ1) is 11.6. The van der Waals surface area contributed by atoms with Crippen molar-refractivity contribution >= 4 is 17.6 Å². The summed E-state index contributed by atoms with van der Waals surface area (Å²) in [4.78, 5) is 10.9. The van der Waals surface area contributed by atoms with E-state index >= 15 is 0 Å². The van der Waals surface area contributed by atoms with Crippen molar-refractivity contribution in [3.05, 3.63) is 40.2 Å². The summed E-state index contributed by atoms with van der Waals surface area (Å²) in [5.41, 5.74) is 2.02. The number of nitrogens with zero attached hydrogens (tertiary/aromatic N) is 3. The van der Waals surface area contributed by atoms with Gasteiger partial charge < -0.3 is 5.11 Å². The van der Waals surface area contributed by atoms with Crippen LogP contribution in [0.3, 0.4) is 0 Å². The third-order valence-electron chi connectivity index (χ3n) is 2.43. The molecule has 17 heavy (non-hydrogen) atoms. The van der Waals surface area contributed by atoms with Gasteiger partial charge >= 0.3 is 5.97 Å². The highest BCUT2D eigenvalue weighted by molar-refractivity contribution is 6.32. The molecule has 1 aromatic heterocycles. The monoisotopic (exact) mass is 251 g/mol. The normalized spacial score (nSPS) is 10.5. The number of hydrogen-bond acceptors (Lipinski definition) is 3. The van der Waals surface area contributed by atoms with Gasteiger partial charge in [-0.3, -0.25) is 0 Å². The van der Waals surface area contributed by atoms with Gasteiger partial charge in [-0.05, 0) is 31.5 Å². The Balaban J connectivity index is 2.57. The number of carboxylic acid groups (broad SMARTS) is 1. The average Bonchev–Trinajstić information content (AvgIpc) is 2.60. The lowest BCUT2D eigenvalue weighted by Crippen LogP contribution is -2.03. The molecule has 0 bridgehead atoms. The lowest BCUT2D eigenvalue weighted by Gasteiger charge is -2.06. The maximum atomic E-state index is 10.9. The van der Waals surface area contributed by atoms with Gasteiger partial charge in [-0.25, -0.2) is 9.48 Å². The SMILES string of the molecule is Cc1ccc(-n2nnc(C(=O)O)c2C)c(Cl)c1. The molecule has 5 nitrogen and oxygen atoms in total. The Morgan fingerprint density at radius 3 is 2.65 bits per heavy atom. The summed E-state index contributed by atoms with van der Waals surface area (Å²) < 4.78 is 1.42. The van der Waals surface area contributed by atoms with Gasteiger partial charge in [0.1, 0.15) is 0 Å². The summed E-state index contributed by atoms with van der Waals surface area (Å²) in [6, 6.07) is 5.45. The molecule has 1 aromatic carbocycles. The average molecular weight is 252 g/mol. The number of hydrogen-bond donors (Lipinski definition) is 1. The van der Waals surface area contributed by atoms with Crippen LogP contribution >= 0.6 is 11.6 Å². The molecule has 1 heterocycles. The van der Waals surface area contributed by atoms with Crippen LogP contribution in [-0.4, -0.2) is 26.1 Å². The molecule has 0 fully saturated rings. The van der Waals surface area contributed by atoms with Crippen molar-refractivity contribution in [3.63, 3.8) is 0 Å². The number of carboxylic acids is 1. The maximum Gasteiger partial charge on any atom is 0.358 e. The Kier molecular flexibility index (Phi) is 2.85. The molecule has 0 amide bonds. The number of aromatic nitrogens is 3. The van der Waals surface area contributed by atoms with E-state index in [0.717, 1.165) is 5.56 Å². The molecule has 2 aromatic rings. The topological polar surface area (TPSA) is 68.0 Å². The van der Waals surface area contributed by atoms with E-state index in [4.69, 9.17) is 16.7 Å². The molecule has 0 radical (unpaired) electrons. The Hall–Kier alpha value is -1.88. The molecule has 0 aliphatic rings. The van der Waals surface area contributed by atoms with Crippen molar-refractivity contribution in [2.75, 3.05) is 0 Å². The van der Waals surface area contributed by atoms with Crippen LogP contribution in [0.1, 0.15) is 21.7 Å². The summed E-state index contributed by atoms with van der Waals surface area (Å²) >= 11 is 6.09. The Bertz CT molecular complexity index is 592. The first-order valence-electron chi connectivity index (χ1n) is 4.93. The molecule has 0 spiro atoms. The van der Waals surface area contributed by atoms with Crippen molar-refractivity contribution in [1.29, 1.82) is 0 Å². The van der Waals surface area contributed by atoms with Crippen molar-refractivity contribution in [2.45, 2.75) is 13.8 Å². The molecule has 0 saturated heterocycles. The lowest BCUT2D eigenvalue weighted by molar-refractivity contribution is 0.0689. The van der Waals surface area contributed by atoms with Crippen LogP contribution < -0.4 is 0 Å². The van der Waals surface area contributed by atoms with E-state index in [2.05, 4.69) is 10.3 Å². The predicted molar refractivity (Wildman–Crippen MR) is 62.8 cm³/mol. The van der Waals surface area contributed by atoms with Gasteiger partial charge in [-0.15, -0.1) is 5.10 Å². The van der Waals surface area contributed by atoms with E-state index in [9.17, 15) is 4.79 Å². The number of halogens is 1. The highest BCUT2D eigenvalue weighted by atomic mass is 35.5. The van der Waals surface area contributed by atoms with Crippen LogP contribution in [0.4, 0.5) is 0 Å². The Labute approximate surface area is 103 Å². The smallest absolute Gasteiger partial charge is 0.358 e. The molecule has 0 atom stereocenters. The van der Waals surface area contributed by atoms with E-state index < -0.39 is 5.97 Å². The van der Waals surface area contributed by atoms with E-state index in [1.165, 1.54) is 4.68 Å². The summed E-state index contributed by atoms with van der Waals surface area (Å²) in [5, 5.41) is 16.8. The lowest BCUT2D eigenvalue weighted by atomic mass is 10.2. The molecule has 1 N–H and O–H groups in total. The van der Waals surface area contributed by atoms with Gasteiger partial charge in [0, 0.05) is 0 Å². The zero-order valence-electron chi connectivity index (χ0n) is 9.31. The molecule has 6 heteroatoms. The number of carbonyl (C=O) groups is 1. The fourth-order valence-corrected chi connectivity index (χ4v) is 1.85. The number of aryl methyl sites for hydroxylation is 1. The number of benzene rings is 1. The van der Waals surface area contributed by atoms with Crippen LogP contribution in [0.5, 0.6) is 0 Å². The van der Waals surface area contributed by atoms with Crippen LogP contribution in [0.25, 0.3) is 5.69 Å². The van der Waals surface area contributed by atoms with Gasteiger partial charge in [-0.2, -0.15) is 0 Å². The van der Waals surface area contributed by atoms with Crippen LogP contribution in [0.2, 0.25) is 5.02 Å². The minimum atomic E-state index is -1.10. The predicted octanol–water partition coefficient (Wildman–Crippen LogP) is 2.24. The number of rotatable bonds is 2. The Morgan fingerprint density at radius 1 is 1.41 bits per heavy atom. The molecule has 0 unspecified atom stereocenters. The first-order chi connectivity index (χ1) is 8.00. The molecular formula is C11H10ClN3O2. The van der Waals surface area contributed by atoms with Crippen molar-refractivity contribution < 1.29 is 9.90 Å². The van der Waals surface area contributed by atoms with Gasteiger partial charge in [0.15, 0.2) is 5.69 Å². The molecule has 0 aliphatic heterocycles. The summed E-state index contributed by atoms with van der Waals surface area (Å²) in [6.07, 6.45) is 0. The zero-order valence-corrected chi connectivity index (χ0v) is 10.1. The summed E-state index contributed by atoms with van der Waals surface area (Å²) in [6.45, 7) is 3.56. The van der Waals surface area contributed by atoms with E-state index in [-0.39, 0.29) is 5.69 Å². The Morgan fingerprint density at radius 2 is 2.12 bits per heavy atom. The van der Waals surface area contributed by atoms with Crippen LogP contribution in [0.15, 0.2) is 18.2 Å². The second-order valence-corrected chi connectivity index (χ2v) is 4.10. The molecular weight excluding hydrogens is 242 g/mol. The largest absolute Gasteiger partial charge is 0.476 e.